The Morgan fingerprint density at radius 3 is 2.40 bits per heavy atom. The summed E-state index contributed by atoms with van der Waals surface area (Å²) in [5.41, 5.74) is 16.2. The van der Waals surface area contributed by atoms with Gasteiger partial charge in [-0.15, -0.1) is 11.8 Å². The average Bonchev–Trinajstić information content (AvgIpc) is 3.47. The molecule has 0 fully saturated rings. The molecule has 1 aromatic heterocycles. The first kappa shape index (κ1) is 29.7. The lowest BCUT2D eigenvalue weighted by Gasteiger charge is -2.22. The summed E-state index contributed by atoms with van der Waals surface area (Å²) in [5, 5.41) is 2.20. The van der Waals surface area contributed by atoms with Crippen molar-refractivity contribution in [1.29, 1.82) is 0 Å². The fraction of sp³-hybridized carbons (Fsp3) is 0.152. The Hall–Kier alpha value is -3.79. The number of fused-ring (bicyclic) bond motifs is 1. The van der Waals surface area contributed by atoms with Crippen LogP contribution in [0, 0.1) is 6.92 Å². The van der Waals surface area contributed by atoms with Gasteiger partial charge >= 0.3 is 6.18 Å². The molecule has 1 heterocycles. The van der Waals surface area contributed by atoms with Crippen molar-refractivity contribution in [3.05, 3.63) is 132 Å². The molecule has 5 aromatic rings. The zero-order valence-electron chi connectivity index (χ0n) is 22.9. The van der Waals surface area contributed by atoms with Crippen LogP contribution in [-0.4, -0.2) is 10.1 Å². The standard InChI is InChI=1S/C33H30F3N3OS2/c1-22-9-12-25-5-2-3-8-30(25)32(22)42-39(20-28-15-16-31(40-28)33(34,35)36)19-23-10-13-24(14-11-23)26-6-4-7-29(17-26)41-21-27(38)18-37/h2-18H,19-21,37-38H2,1H3/b27-18-. The fourth-order valence-corrected chi connectivity index (χ4v) is 6.47. The molecule has 0 radical (unpaired) electrons. The molecule has 42 heavy (non-hydrogen) atoms. The number of hydrogen-bond donors (Lipinski definition) is 2. The normalized spacial score (nSPS) is 12.4. The number of halogens is 3. The molecular weight excluding hydrogens is 576 g/mol. The predicted octanol–water partition coefficient (Wildman–Crippen LogP) is 8.99. The van der Waals surface area contributed by atoms with Gasteiger partial charge in [0.1, 0.15) is 5.76 Å². The maximum absolute atomic E-state index is 13.2. The van der Waals surface area contributed by atoms with Gasteiger partial charge in [-0.1, -0.05) is 72.8 Å². The minimum atomic E-state index is -4.53. The molecule has 0 amide bonds. The number of furan rings is 1. The van der Waals surface area contributed by atoms with Crippen LogP contribution < -0.4 is 11.5 Å². The van der Waals surface area contributed by atoms with Gasteiger partial charge in [-0.3, -0.25) is 0 Å². The predicted molar refractivity (Wildman–Crippen MR) is 167 cm³/mol. The highest BCUT2D eigenvalue weighted by Crippen LogP contribution is 2.37. The van der Waals surface area contributed by atoms with Crippen molar-refractivity contribution in [2.45, 2.75) is 36.0 Å². The van der Waals surface area contributed by atoms with Crippen LogP contribution in [0.2, 0.25) is 0 Å². The van der Waals surface area contributed by atoms with E-state index in [0.29, 0.717) is 18.0 Å². The van der Waals surface area contributed by atoms with E-state index in [4.69, 9.17) is 15.9 Å². The molecule has 0 saturated carbocycles. The van der Waals surface area contributed by atoms with Crippen molar-refractivity contribution in [3.8, 4) is 11.1 Å². The lowest BCUT2D eigenvalue weighted by atomic mass is 10.0. The summed E-state index contributed by atoms with van der Waals surface area (Å²) in [6.45, 7) is 2.74. The molecule has 216 valence electrons. The van der Waals surface area contributed by atoms with Crippen molar-refractivity contribution in [1.82, 2.24) is 4.31 Å². The van der Waals surface area contributed by atoms with Crippen LogP contribution in [0.15, 0.2) is 123 Å². The number of nitrogens with zero attached hydrogens (tertiary/aromatic N) is 1. The van der Waals surface area contributed by atoms with E-state index in [1.54, 1.807) is 11.8 Å². The maximum Gasteiger partial charge on any atom is 0.449 e. The highest BCUT2D eigenvalue weighted by atomic mass is 32.2. The molecule has 0 unspecified atom stereocenters. The molecule has 5 rings (SSSR count). The third kappa shape index (κ3) is 7.34. The molecule has 9 heteroatoms. The molecule has 4 nitrogen and oxygen atoms in total. The van der Waals surface area contributed by atoms with Gasteiger partial charge in [0, 0.05) is 34.0 Å². The van der Waals surface area contributed by atoms with Crippen LogP contribution in [0.4, 0.5) is 13.2 Å². The number of benzene rings is 4. The molecule has 0 saturated heterocycles. The first-order valence-corrected chi connectivity index (χ1v) is 15.0. The Balaban J connectivity index is 1.39. The summed E-state index contributed by atoms with van der Waals surface area (Å²) in [7, 11) is 0. The van der Waals surface area contributed by atoms with E-state index in [-0.39, 0.29) is 12.3 Å². The average molecular weight is 606 g/mol. The van der Waals surface area contributed by atoms with E-state index in [9.17, 15) is 13.2 Å². The van der Waals surface area contributed by atoms with Crippen LogP contribution in [0.1, 0.15) is 22.6 Å². The highest BCUT2D eigenvalue weighted by molar-refractivity contribution is 7.99. The Labute approximate surface area is 251 Å². The maximum atomic E-state index is 13.2. The summed E-state index contributed by atoms with van der Waals surface area (Å²) in [6.07, 6.45) is -3.11. The summed E-state index contributed by atoms with van der Waals surface area (Å²) < 4.78 is 46.9. The molecule has 0 bridgehead atoms. The van der Waals surface area contributed by atoms with Crippen molar-refractivity contribution < 1.29 is 17.6 Å². The van der Waals surface area contributed by atoms with Crippen molar-refractivity contribution in [3.63, 3.8) is 0 Å². The van der Waals surface area contributed by atoms with Gasteiger partial charge in [0.2, 0.25) is 5.76 Å². The molecule has 4 aromatic carbocycles. The van der Waals surface area contributed by atoms with Crippen LogP contribution in [0.25, 0.3) is 21.9 Å². The molecule has 0 atom stereocenters. The van der Waals surface area contributed by atoms with Crippen molar-refractivity contribution >= 4 is 34.5 Å². The van der Waals surface area contributed by atoms with E-state index in [2.05, 4.69) is 60.7 Å². The second-order valence-corrected chi connectivity index (χ2v) is 12.0. The first-order chi connectivity index (χ1) is 20.2. The van der Waals surface area contributed by atoms with Gasteiger partial charge in [0.05, 0.1) is 6.54 Å². The van der Waals surface area contributed by atoms with E-state index < -0.39 is 11.9 Å². The second kappa shape index (κ2) is 13.0. The van der Waals surface area contributed by atoms with Crippen LogP contribution in [0.3, 0.4) is 0 Å². The second-order valence-electron chi connectivity index (χ2n) is 9.84. The largest absolute Gasteiger partial charge is 0.455 e. The molecule has 0 aliphatic heterocycles. The van der Waals surface area contributed by atoms with E-state index in [0.717, 1.165) is 48.9 Å². The quantitative estimate of drug-likeness (QED) is 0.122. The molecule has 0 aliphatic rings. The Bertz CT molecular complexity index is 1700. The Kier molecular flexibility index (Phi) is 9.21. The Morgan fingerprint density at radius 1 is 0.881 bits per heavy atom. The molecule has 4 N–H and O–H groups in total. The number of alkyl halides is 3. The zero-order valence-corrected chi connectivity index (χ0v) is 24.5. The third-order valence-electron chi connectivity index (χ3n) is 6.67. The number of nitrogens with two attached hydrogens (primary N) is 2. The van der Waals surface area contributed by atoms with Gasteiger partial charge in [-0.2, -0.15) is 13.2 Å². The topological polar surface area (TPSA) is 68.4 Å². The van der Waals surface area contributed by atoms with Crippen LogP contribution >= 0.6 is 23.7 Å². The number of aryl methyl sites for hydroxylation is 1. The highest BCUT2D eigenvalue weighted by Gasteiger charge is 2.35. The summed E-state index contributed by atoms with van der Waals surface area (Å²) in [4.78, 5) is 2.15. The minimum Gasteiger partial charge on any atom is -0.455 e. The number of thioether (sulfide) groups is 1. The molecular formula is C33H30F3N3OS2. The minimum absolute atomic E-state index is 0.199. The fourth-order valence-electron chi connectivity index (χ4n) is 4.50. The van der Waals surface area contributed by atoms with Crippen molar-refractivity contribution in [2.75, 3.05) is 5.75 Å². The first-order valence-electron chi connectivity index (χ1n) is 13.2. The number of hydrogen-bond acceptors (Lipinski definition) is 6. The summed E-state index contributed by atoms with van der Waals surface area (Å²) in [6, 6.07) is 31.1. The van der Waals surface area contributed by atoms with Gasteiger partial charge in [-0.25, -0.2) is 4.31 Å². The monoisotopic (exact) mass is 605 g/mol. The third-order valence-corrected chi connectivity index (χ3v) is 8.98. The van der Waals surface area contributed by atoms with Crippen molar-refractivity contribution in [2.24, 2.45) is 11.5 Å². The Morgan fingerprint density at radius 2 is 1.67 bits per heavy atom. The van der Waals surface area contributed by atoms with E-state index in [1.807, 2.05) is 35.5 Å². The van der Waals surface area contributed by atoms with Gasteiger partial charge in [-0.05, 0) is 76.2 Å². The SMILES string of the molecule is Cc1ccc2ccccc2c1SN(Cc1ccc(-c2cccc(SC/C(N)=C/N)c2)cc1)Cc1ccc(C(F)(F)F)o1. The zero-order chi connectivity index (χ0) is 29.7. The van der Waals surface area contributed by atoms with Crippen LogP contribution in [0.5, 0.6) is 0 Å². The smallest absolute Gasteiger partial charge is 0.449 e. The van der Waals surface area contributed by atoms with Gasteiger partial charge in [0.15, 0.2) is 0 Å². The molecule has 0 aliphatic carbocycles. The summed E-state index contributed by atoms with van der Waals surface area (Å²) >= 11 is 3.15. The van der Waals surface area contributed by atoms with Crippen LogP contribution in [-0.2, 0) is 19.3 Å². The summed E-state index contributed by atoms with van der Waals surface area (Å²) in [5.74, 6) is -0.123. The van der Waals surface area contributed by atoms with Gasteiger partial charge in [0.25, 0.3) is 0 Å². The molecule has 0 spiro atoms. The van der Waals surface area contributed by atoms with E-state index >= 15 is 0 Å². The lowest BCUT2D eigenvalue weighted by Crippen LogP contribution is -2.15. The lowest BCUT2D eigenvalue weighted by molar-refractivity contribution is -0.153. The van der Waals surface area contributed by atoms with E-state index in [1.165, 1.54) is 24.2 Å². The number of rotatable bonds is 10. The van der Waals surface area contributed by atoms with Gasteiger partial charge < -0.3 is 15.9 Å².